The molecule has 4 rings (SSSR count). The van der Waals surface area contributed by atoms with Crippen LogP contribution in [0.2, 0.25) is 0 Å². The fraction of sp³-hybridized carbons (Fsp3) is 0.467. The summed E-state index contributed by atoms with van der Waals surface area (Å²) < 4.78 is 81.5. The number of ether oxygens (including phenoxy) is 2. The number of methoxy groups -OCH3 is 1. The number of aliphatic hydroxyl groups excluding tert-OH is 1. The number of alkyl halides is 4. The van der Waals surface area contributed by atoms with Crippen molar-refractivity contribution in [3.8, 4) is 17.6 Å². The van der Waals surface area contributed by atoms with Gasteiger partial charge in [-0.3, -0.25) is 0 Å². The van der Waals surface area contributed by atoms with E-state index < -0.39 is 30.6 Å². The first-order valence-electron chi connectivity index (χ1n) is 13.8. The fourth-order valence-electron chi connectivity index (χ4n) is 4.82. The molecule has 1 fully saturated rings. The van der Waals surface area contributed by atoms with Crippen LogP contribution in [0.3, 0.4) is 0 Å². The Bertz CT molecular complexity index is 1440. The molecule has 3 aromatic rings. The van der Waals surface area contributed by atoms with E-state index in [2.05, 4.69) is 27.8 Å². The second-order valence-corrected chi connectivity index (χ2v) is 11.2. The molecular weight excluding hydrogens is 591 g/mol. The second kappa shape index (κ2) is 14.9. The summed E-state index contributed by atoms with van der Waals surface area (Å²) in [6.45, 7) is 1.44. The van der Waals surface area contributed by atoms with E-state index in [4.69, 9.17) is 14.6 Å². The Kier molecular flexibility index (Phi) is 11.3. The van der Waals surface area contributed by atoms with Gasteiger partial charge < -0.3 is 35.4 Å². The van der Waals surface area contributed by atoms with Crippen LogP contribution in [0.5, 0.6) is 5.75 Å². The smallest absolute Gasteiger partial charge is 0.393 e. The van der Waals surface area contributed by atoms with Crippen LogP contribution in [-0.4, -0.2) is 88.6 Å². The third-order valence-corrected chi connectivity index (χ3v) is 8.09. The van der Waals surface area contributed by atoms with Crippen molar-refractivity contribution in [3.05, 3.63) is 46.6 Å². The molecule has 7 nitrogen and oxygen atoms in total. The number of aliphatic hydroxyl groups is 1. The number of fused-ring (bicyclic) bond motifs is 1. The number of hydrogen-bond donors (Lipinski definition) is 4. The van der Waals surface area contributed by atoms with Gasteiger partial charge in [-0.05, 0) is 30.5 Å². The zero-order valence-electron chi connectivity index (χ0n) is 23.9. The molecule has 4 N–H and O–H groups in total. The fourth-order valence-corrected chi connectivity index (χ4v) is 5.99. The number of likely N-dealkylation sites (tertiary alicyclic amines) is 1. The number of thiophene rings is 1. The second-order valence-electron chi connectivity index (χ2n) is 10.2. The minimum absolute atomic E-state index is 0.00652. The van der Waals surface area contributed by atoms with E-state index in [1.54, 1.807) is 18.2 Å². The maximum absolute atomic E-state index is 14.7. The highest BCUT2D eigenvalue weighted by Crippen LogP contribution is 2.39. The van der Waals surface area contributed by atoms with Crippen LogP contribution in [0.4, 0.5) is 39.0 Å². The van der Waals surface area contributed by atoms with Crippen molar-refractivity contribution >= 4 is 38.5 Å². The number of halogens is 5. The van der Waals surface area contributed by atoms with Gasteiger partial charge in [0.15, 0.2) is 0 Å². The molecule has 2 aromatic carbocycles. The average molecular weight is 627 g/mol. The van der Waals surface area contributed by atoms with Crippen molar-refractivity contribution in [2.75, 3.05) is 76.1 Å². The lowest BCUT2D eigenvalue weighted by molar-refractivity contribution is -0.126. The van der Waals surface area contributed by atoms with Crippen LogP contribution in [0.1, 0.15) is 16.9 Å². The lowest BCUT2D eigenvalue weighted by Crippen LogP contribution is -2.46. The molecule has 43 heavy (non-hydrogen) atoms. The van der Waals surface area contributed by atoms with Gasteiger partial charge in [-0.15, -0.1) is 11.3 Å². The van der Waals surface area contributed by atoms with Crippen molar-refractivity contribution in [3.63, 3.8) is 0 Å². The molecular formula is C30H35F5N4O3S. The van der Waals surface area contributed by atoms with Crippen LogP contribution >= 0.6 is 11.3 Å². The van der Waals surface area contributed by atoms with Crippen LogP contribution < -0.4 is 20.7 Å². The maximum atomic E-state index is 14.7. The van der Waals surface area contributed by atoms with Crippen LogP contribution in [-0.2, 0) is 11.2 Å². The predicted molar refractivity (Wildman–Crippen MR) is 161 cm³/mol. The Morgan fingerprint density at radius 2 is 1.95 bits per heavy atom. The molecule has 2 unspecified atom stereocenters. The third-order valence-electron chi connectivity index (χ3n) is 6.89. The van der Waals surface area contributed by atoms with Gasteiger partial charge in [-0.1, -0.05) is 24.0 Å². The number of nitrogens with one attached hydrogen (secondary N) is 3. The predicted octanol–water partition coefficient (Wildman–Crippen LogP) is 5.49. The van der Waals surface area contributed by atoms with Gasteiger partial charge in [0.1, 0.15) is 24.3 Å². The number of benzene rings is 2. The highest BCUT2D eigenvalue weighted by atomic mass is 32.1. The molecule has 0 spiro atoms. The zero-order valence-corrected chi connectivity index (χ0v) is 24.7. The number of rotatable bonds is 12. The molecule has 234 valence electrons. The lowest BCUT2D eigenvalue weighted by atomic mass is 10.0. The molecule has 1 aliphatic rings. The topological polar surface area (TPSA) is 78.0 Å². The number of piperidine rings is 1. The van der Waals surface area contributed by atoms with E-state index >= 15 is 0 Å². The van der Waals surface area contributed by atoms with E-state index in [0.29, 0.717) is 46.8 Å². The van der Waals surface area contributed by atoms with Gasteiger partial charge in [0.2, 0.25) is 0 Å². The Labute approximate surface area is 251 Å². The first kappa shape index (κ1) is 32.6. The molecule has 13 heteroatoms. The first-order chi connectivity index (χ1) is 20.6. The summed E-state index contributed by atoms with van der Waals surface area (Å²) >= 11 is 1.13. The molecule has 2 heterocycles. The van der Waals surface area contributed by atoms with Crippen molar-refractivity contribution in [1.82, 2.24) is 4.90 Å². The molecule has 0 radical (unpaired) electrons. The highest BCUT2D eigenvalue weighted by Gasteiger charge is 2.32. The van der Waals surface area contributed by atoms with Gasteiger partial charge >= 0.3 is 6.18 Å². The summed E-state index contributed by atoms with van der Waals surface area (Å²) in [7, 11) is 3.37. The molecule has 0 bridgehead atoms. The summed E-state index contributed by atoms with van der Waals surface area (Å²) in [5, 5.41) is 18.4. The zero-order chi connectivity index (χ0) is 31.0. The number of anilines is 3. The third kappa shape index (κ3) is 8.86. The first-order valence-corrected chi connectivity index (χ1v) is 14.6. The lowest BCUT2D eigenvalue weighted by Gasteiger charge is -2.33. The Morgan fingerprint density at radius 3 is 2.67 bits per heavy atom. The van der Waals surface area contributed by atoms with Crippen LogP contribution in [0.15, 0.2) is 30.3 Å². The van der Waals surface area contributed by atoms with Gasteiger partial charge in [-0.25, -0.2) is 8.78 Å². The minimum Gasteiger partial charge on any atom is -0.489 e. The van der Waals surface area contributed by atoms with Crippen molar-refractivity contribution in [2.24, 2.45) is 0 Å². The largest absolute Gasteiger partial charge is 0.489 e. The summed E-state index contributed by atoms with van der Waals surface area (Å²) in [5.41, 5.74) is 1.09. The summed E-state index contributed by atoms with van der Waals surface area (Å²) in [4.78, 5) is 2.17. The summed E-state index contributed by atoms with van der Waals surface area (Å²) in [6.07, 6.45) is -6.15. The van der Waals surface area contributed by atoms with Crippen molar-refractivity contribution < 1.29 is 36.5 Å². The van der Waals surface area contributed by atoms with Crippen molar-refractivity contribution in [1.29, 1.82) is 0 Å². The van der Waals surface area contributed by atoms with E-state index in [-0.39, 0.29) is 49.0 Å². The van der Waals surface area contributed by atoms with E-state index in [1.807, 2.05) is 11.9 Å². The molecule has 1 aromatic heterocycles. The molecule has 1 aliphatic heterocycles. The number of nitrogens with zero attached hydrogens (tertiary/aromatic N) is 1. The highest BCUT2D eigenvalue weighted by molar-refractivity contribution is 7.20. The molecule has 0 saturated carbocycles. The Hall–Kier alpha value is -3.31. The summed E-state index contributed by atoms with van der Waals surface area (Å²) in [6, 6.07) is 7.26. The normalized spacial score (nSPS) is 17.4. The molecule has 0 amide bonds. The van der Waals surface area contributed by atoms with E-state index in [1.165, 1.54) is 19.2 Å². The van der Waals surface area contributed by atoms with Gasteiger partial charge in [-0.2, -0.15) is 13.2 Å². The van der Waals surface area contributed by atoms with Crippen molar-refractivity contribution in [2.45, 2.75) is 31.2 Å². The number of hydrogen-bond acceptors (Lipinski definition) is 8. The average Bonchev–Trinajstić information content (AvgIpc) is 3.29. The standard InChI is InChI=1S/C30H35F5N4O3S/c1-39-11-8-23(22(32)18-39)38-24-6-3-5-19-20(17-30(33,34)35)28(43-29(19)24)7-4-9-36-26-15-21(31)25(37-10-12-40)16-27(26)42-14-13-41-2/h3,5-6,15-16,22-23,36-38,40H,8-14,17-18H2,1-2H3. The monoisotopic (exact) mass is 626 g/mol. The van der Waals surface area contributed by atoms with Crippen LogP contribution in [0, 0.1) is 17.7 Å². The van der Waals surface area contributed by atoms with E-state index in [0.717, 1.165) is 11.3 Å². The van der Waals surface area contributed by atoms with Gasteiger partial charge in [0, 0.05) is 38.9 Å². The Balaban J connectivity index is 1.59. The SMILES string of the molecule is COCCOc1cc(NCCO)c(F)cc1NCC#Cc1sc2c(NC3CCN(C)CC3F)cccc2c1CC(F)(F)F. The maximum Gasteiger partial charge on any atom is 0.393 e. The van der Waals surface area contributed by atoms with Gasteiger partial charge in [0.05, 0.1) is 58.9 Å². The van der Waals surface area contributed by atoms with Crippen LogP contribution in [0.25, 0.3) is 10.1 Å². The van der Waals surface area contributed by atoms with E-state index in [9.17, 15) is 22.0 Å². The van der Waals surface area contributed by atoms with Gasteiger partial charge in [0.25, 0.3) is 0 Å². The molecule has 2 atom stereocenters. The summed E-state index contributed by atoms with van der Waals surface area (Å²) in [5.74, 6) is 5.46. The molecule has 0 aliphatic carbocycles. The quantitative estimate of drug-likeness (QED) is 0.120. The molecule has 1 saturated heterocycles. The minimum atomic E-state index is -4.46. The Morgan fingerprint density at radius 1 is 1.14 bits per heavy atom.